The van der Waals surface area contributed by atoms with Crippen molar-refractivity contribution in [3.05, 3.63) is 0 Å². The molecule has 0 aromatic heterocycles. The zero-order valence-corrected chi connectivity index (χ0v) is 11.5. The second-order valence-corrected chi connectivity index (χ2v) is 5.07. The van der Waals surface area contributed by atoms with Crippen molar-refractivity contribution in [2.24, 2.45) is 5.92 Å². The molecular weight excluding hydrogens is 248 g/mol. The van der Waals surface area contributed by atoms with Crippen molar-refractivity contribution in [1.82, 2.24) is 9.80 Å². The van der Waals surface area contributed by atoms with Gasteiger partial charge in [0.2, 0.25) is 5.91 Å². The zero-order chi connectivity index (χ0) is 13.7. The van der Waals surface area contributed by atoms with Crippen LogP contribution in [0.1, 0.15) is 12.8 Å². The number of hydrogen-bond acceptors (Lipinski definition) is 5. The first kappa shape index (κ1) is 14.3. The molecule has 2 aliphatic rings. The number of esters is 1. The highest BCUT2D eigenvalue weighted by atomic mass is 16.5. The van der Waals surface area contributed by atoms with E-state index in [-0.39, 0.29) is 17.8 Å². The molecule has 2 heterocycles. The molecule has 2 saturated heterocycles. The van der Waals surface area contributed by atoms with Gasteiger partial charge in [-0.3, -0.25) is 14.5 Å². The lowest BCUT2D eigenvalue weighted by atomic mass is 10.1. The minimum atomic E-state index is -0.277. The van der Waals surface area contributed by atoms with Crippen molar-refractivity contribution in [3.8, 4) is 0 Å². The number of nitrogens with zero attached hydrogens (tertiary/aromatic N) is 2. The van der Waals surface area contributed by atoms with Crippen LogP contribution in [0.2, 0.25) is 0 Å². The topological polar surface area (TPSA) is 59.1 Å². The first-order valence-corrected chi connectivity index (χ1v) is 6.86. The number of likely N-dealkylation sites (tertiary alicyclic amines) is 1. The highest BCUT2D eigenvalue weighted by molar-refractivity contribution is 5.86. The highest BCUT2D eigenvalue weighted by Gasteiger charge is 2.34. The van der Waals surface area contributed by atoms with Gasteiger partial charge < -0.3 is 14.4 Å². The number of hydrogen-bond donors (Lipinski definition) is 0. The molecular formula is C13H22N2O4. The first-order valence-electron chi connectivity index (χ1n) is 6.86. The maximum atomic E-state index is 11.8. The Kier molecular flexibility index (Phi) is 5.15. The number of amides is 1. The maximum Gasteiger partial charge on any atom is 0.310 e. The van der Waals surface area contributed by atoms with Crippen LogP contribution in [0.4, 0.5) is 0 Å². The van der Waals surface area contributed by atoms with E-state index in [0.29, 0.717) is 13.0 Å². The van der Waals surface area contributed by atoms with E-state index in [0.717, 1.165) is 45.8 Å². The fourth-order valence-corrected chi connectivity index (χ4v) is 2.62. The third kappa shape index (κ3) is 3.91. The minimum Gasteiger partial charge on any atom is -0.469 e. The molecule has 108 valence electrons. The van der Waals surface area contributed by atoms with Gasteiger partial charge in [0.25, 0.3) is 0 Å². The number of methoxy groups -OCH3 is 1. The monoisotopic (exact) mass is 270 g/mol. The molecule has 6 nitrogen and oxygen atoms in total. The molecule has 0 aliphatic carbocycles. The van der Waals surface area contributed by atoms with Crippen LogP contribution >= 0.6 is 0 Å². The Morgan fingerprint density at radius 3 is 2.79 bits per heavy atom. The molecule has 0 bridgehead atoms. The van der Waals surface area contributed by atoms with Crippen molar-refractivity contribution in [3.63, 3.8) is 0 Å². The first-order chi connectivity index (χ1) is 9.20. The number of morpholine rings is 1. The van der Waals surface area contributed by atoms with E-state index in [1.165, 1.54) is 7.11 Å². The summed E-state index contributed by atoms with van der Waals surface area (Å²) in [6, 6.07) is 0. The fraction of sp³-hybridized carbons (Fsp3) is 0.846. The van der Waals surface area contributed by atoms with E-state index in [1.54, 1.807) is 4.90 Å². The third-order valence-corrected chi connectivity index (χ3v) is 3.76. The van der Waals surface area contributed by atoms with Crippen molar-refractivity contribution in [2.45, 2.75) is 12.8 Å². The molecule has 1 unspecified atom stereocenters. The van der Waals surface area contributed by atoms with Gasteiger partial charge >= 0.3 is 5.97 Å². The van der Waals surface area contributed by atoms with Gasteiger partial charge in [0.05, 0.1) is 26.2 Å². The number of carbonyl (C=O) groups is 2. The van der Waals surface area contributed by atoms with Gasteiger partial charge in [-0.05, 0) is 6.42 Å². The average molecular weight is 270 g/mol. The summed E-state index contributed by atoms with van der Waals surface area (Å²) in [5.41, 5.74) is 0. The normalized spacial score (nSPS) is 24.8. The molecule has 0 aromatic carbocycles. The number of rotatable bonds is 5. The molecule has 1 atom stereocenters. The molecule has 0 aromatic rings. The maximum absolute atomic E-state index is 11.8. The Morgan fingerprint density at radius 2 is 2.11 bits per heavy atom. The SMILES string of the molecule is COC(=O)C1CC(=O)N(CCCN2CCOCC2)C1. The van der Waals surface area contributed by atoms with Gasteiger partial charge in [-0.25, -0.2) is 0 Å². The van der Waals surface area contributed by atoms with Crippen LogP contribution in [-0.2, 0) is 19.1 Å². The van der Waals surface area contributed by atoms with E-state index in [2.05, 4.69) is 4.90 Å². The predicted molar refractivity (Wildman–Crippen MR) is 68.6 cm³/mol. The second kappa shape index (κ2) is 6.86. The summed E-state index contributed by atoms with van der Waals surface area (Å²) in [6.45, 7) is 5.76. The van der Waals surface area contributed by atoms with Crippen LogP contribution in [0.25, 0.3) is 0 Å². The molecule has 2 fully saturated rings. The lowest BCUT2D eigenvalue weighted by Crippen LogP contribution is -2.38. The molecule has 1 amide bonds. The molecule has 0 radical (unpaired) electrons. The van der Waals surface area contributed by atoms with Gasteiger partial charge in [0, 0.05) is 39.1 Å². The van der Waals surface area contributed by atoms with Crippen molar-refractivity contribution >= 4 is 11.9 Å². The molecule has 0 N–H and O–H groups in total. The van der Waals surface area contributed by atoms with Crippen molar-refractivity contribution in [1.29, 1.82) is 0 Å². The van der Waals surface area contributed by atoms with Crippen LogP contribution in [0.5, 0.6) is 0 Å². The van der Waals surface area contributed by atoms with Crippen molar-refractivity contribution < 1.29 is 19.1 Å². The van der Waals surface area contributed by atoms with E-state index >= 15 is 0 Å². The summed E-state index contributed by atoms with van der Waals surface area (Å²) >= 11 is 0. The third-order valence-electron chi connectivity index (χ3n) is 3.76. The molecule has 2 aliphatic heterocycles. The van der Waals surface area contributed by atoms with Gasteiger partial charge in [-0.1, -0.05) is 0 Å². The Hall–Kier alpha value is -1.14. The van der Waals surface area contributed by atoms with Crippen LogP contribution in [-0.4, -0.2) is 74.7 Å². The van der Waals surface area contributed by atoms with Crippen LogP contribution in [0.15, 0.2) is 0 Å². The van der Waals surface area contributed by atoms with Crippen molar-refractivity contribution in [2.75, 3.05) is 53.0 Å². The van der Waals surface area contributed by atoms with E-state index in [9.17, 15) is 9.59 Å². The average Bonchev–Trinajstić information content (AvgIpc) is 2.81. The Bertz CT molecular complexity index is 329. The zero-order valence-electron chi connectivity index (χ0n) is 11.5. The van der Waals surface area contributed by atoms with Crippen LogP contribution in [0, 0.1) is 5.92 Å². The van der Waals surface area contributed by atoms with Gasteiger partial charge in [-0.2, -0.15) is 0 Å². The fourth-order valence-electron chi connectivity index (χ4n) is 2.62. The Morgan fingerprint density at radius 1 is 1.37 bits per heavy atom. The van der Waals surface area contributed by atoms with Crippen LogP contribution < -0.4 is 0 Å². The quantitative estimate of drug-likeness (QED) is 0.644. The van der Waals surface area contributed by atoms with E-state index in [4.69, 9.17) is 9.47 Å². The number of carbonyl (C=O) groups excluding carboxylic acids is 2. The van der Waals surface area contributed by atoms with E-state index in [1.807, 2.05) is 0 Å². The smallest absolute Gasteiger partial charge is 0.310 e. The lowest BCUT2D eigenvalue weighted by Gasteiger charge is -2.27. The Labute approximate surface area is 113 Å². The predicted octanol–water partition coefficient (Wildman–Crippen LogP) is -0.270. The van der Waals surface area contributed by atoms with E-state index < -0.39 is 0 Å². The second-order valence-electron chi connectivity index (χ2n) is 5.07. The summed E-state index contributed by atoms with van der Waals surface area (Å²) < 4.78 is 9.98. The van der Waals surface area contributed by atoms with Crippen LogP contribution in [0.3, 0.4) is 0 Å². The minimum absolute atomic E-state index is 0.0670. The van der Waals surface area contributed by atoms with Gasteiger partial charge in [-0.15, -0.1) is 0 Å². The largest absolute Gasteiger partial charge is 0.469 e. The number of ether oxygens (including phenoxy) is 2. The summed E-state index contributed by atoms with van der Waals surface area (Å²) in [4.78, 5) is 27.3. The summed E-state index contributed by atoms with van der Waals surface area (Å²) in [7, 11) is 1.37. The standard InChI is InChI=1S/C13H22N2O4/c1-18-13(17)11-9-12(16)15(10-11)4-2-3-14-5-7-19-8-6-14/h11H,2-10H2,1H3. The molecule has 2 rings (SSSR count). The summed E-state index contributed by atoms with van der Waals surface area (Å²) in [6.07, 6.45) is 1.24. The van der Waals surface area contributed by atoms with Gasteiger partial charge in [0.1, 0.15) is 0 Å². The van der Waals surface area contributed by atoms with Gasteiger partial charge in [0.15, 0.2) is 0 Å². The summed E-state index contributed by atoms with van der Waals surface area (Å²) in [5, 5.41) is 0. The molecule has 6 heteroatoms. The Balaban J connectivity index is 1.68. The molecule has 0 spiro atoms. The molecule has 19 heavy (non-hydrogen) atoms. The summed E-state index contributed by atoms with van der Waals surface area (Å²) in [5.74, 6) is -0.484. The highest BCUT2D eigenvalue weighted by Crippen LogP contribution is 2.19. The lowest BCUT2D eigenvalue weighted by molar-refractivity contribution is -0.145. The molecule has 0 saturated carbocycles.